The van der Waals surface area contributed by atoms with Crippen molar-refractivity contribution in [1.29, 1.82) is 0 Å². The van der Waals surface area contributed by atoms with Crippen molar-refractivity contribution in [2.45, 2.75) is 33.3 Å². The maximum Gasteiger partial charge on any atom is 0.256 e. The first-order valence-corrected chi connectivity index (χ1v) is 12.7. The number of nitrogens with one attached hydrogen (secondary N) is 1. The van der Waals surface area contributed by atoms with Crippen molar-refractivity contribution in [3.8, 4) is 17.4 Å². The van der Waals surface area contributed by atoms with Crippen LogP contribution in [0, 0.1) is 6.92 Å². The molecule has 1 aliphatic rings. The number of aryl methyl sites for hydroxylation is 1. The van der Waals surface area contributed by atoms with Gasteiger partial charge in [0.1, 0.15) is 17.1 Å². The Bertz CT molecular complexity index is 1130. The van der Waals surface area contributed by atoms with E-state index in [4.69, 9.17) is 9.47 Å². The van der Waals surface area contributed by atoms with Crippen LogP contribution in [0.4, 0.5) is 5.69 Å². The molecule has 1 N–H and O–H groups in total. The average Bonchev–Trinajstić information content (AvgIpc) is 2.88. The molecule has 0 spiro atoms. The number of ether oxygens (including phenoxy) is 2. The third kappa shape index (κ3) is 6.98. The van der Waals surface area contributed by atoms with E-state index in [0.29, 0.717) is 23.7 Å². The highest BCUT2D eigenvalue weighted by Crippen LogP contribution is 2.29. The number of nitrogens with zero attached hydrogens (tertiary/aromatic N) is 3. The molecule has 0 aliphatic carbocycles. The highest BCUT2D eigenvalue weighted by molar-refractivity contribution is 5.96. The molecule has 7 heteroatoms. The van der Waals surface area contributed by atoms with Gasteiger partial charge in [-0.1, -0.05) is 29.8 Å². The summed E-state index contributed by atoms with van der Waals surface area (Å²) in [4.78, 5) is 21.9. The third-order valence-corrected chi connectivity index (χ3v) is 6.13. The van der Waals surface area contributed by atoms with Gasteiger partial charge in [-0.05, 0) is 70.1 Å². The van der Waals surface area contributed by atoms with Crippen LogP contribution in [0.25, 0.3) is 0 Å². The number of rotatable bonds is 10. The number of benzene rings is 2. The summed E-state index contributed by atoms with van der Waals surface area (Å²) in [5.74, 6) is 1.75. The Morgan fingerprint density at radius 3 is 2.50 bits per heavy atom. The van der Waals surface area contributed by atoms with Crippen molar-refractivity contribution in [2.75, 3.05) is 44.2 Å². The highest BCUT2D eigenvalue weighted by atomic mass is 16.5. The SMILES string of the molecule is Cc1ccc(Oc2ncccc2C(=O)NCCCN2CCN(c3ccccc3OC(C)C)CC2)cc1. The molecule has 3 aromatic rings. The summed E-state index contributed by atoms with van der Waals surface area (Å²) in [6.45, 7) is 11.6. The summed E-state index contributed by atoms with van der Waals surface area (Å²) in [6, 6.07) is 19.5. The number of hydrogen-bond donors (Lipinski definition) is 1. The first-order valence-electron chi connectivity index (χ1n) is 12.7. The van der Waals surface area contributed by atoms with Crippen LogP contribution in [0.2, 0.25) is 0 Å². The Labute approximate surface area is 214 Å². The molecular formula is C29H36N4O3. The lowest BCUT2D eigenvalue weighted by Crippen LogP contribution is -2.47. The smallest absolute Gasteiger partial charge is 0.256 e. The Balaban J connectivity index is 1.22. The van der Waals surface area contributed by atoms with E-state index in [1.54, 1.807) is 18.3 Å². The number of pyridine rings is 1. The number of amides is 1. The zero-order valence-corrected chi connectivity index (χ0v) is 21.4. The molecule has 36 heavy (non-hydrogen) atoms. The number of aromatic nitrogens is 1. The van der Waals surface area contributed by atoms with Crippen LogP contribution in [-0.4, -0.2) is 61.2 Å². The summed E-state index contributed by atoms with van der Waals surface area (Å²) in [5, 5.41) is 3.02. The van der Waals surface area contributed by atoms with E-state index in [0.717, 1.165) is 50.5 Å². The molecule has 0 saturated carbocycles. The van der Waals surface area contributed by atoms with Gasteiger partial charge in [0.2, 0.25) is 5.88 Å². The van der Waals surface area contributed by atoms with E-state index in [2.05, 4.69) is 46.1 Å². The molecule has 0 unspecified atom stereocenters. The number of anilines is 1. The maximum absolute atomic E-state index is 12.8. The van der Waals surface area contributed by atoms with E-state index in [-0.39, 0.29) is 12.0 Å². The van der Waals surface area contributed by atoms with Gasteiger partial charge in [-0.15, -0.1) is 0 Å². The number of hydrogen-bond acceptors (Lipinski definition) is 6. The minimum atomic E-state index is -0.170. The van der Waals surface area contributed by atoms with Gasteiger partial charge in [0, 0.05) is 38.9 Å². The van der Waals surface area contributed by atoms with Crippen LogP contribution in [0.3, 0.4) is 0 Å². The molecule has 7 nitrogen and oxygen atoms in total. The molecule has 0 radical (unpaired) electrons. The first kappa shape index (κ1) is 25.5. The van der Waals surface area contributed by atoms with Gasteiger partial charge in [-0.25, -0.2) is 4.98 Å². The molecule has 0 atom stereocenters. The molecule has 1 fully saturated rings. The van der Waals surface area contributed by atoms with Gasteiger partial charge in [0.05, 0.1) is 11.8 Å². The summed E-state index contributed by atoms with van der Waals surface area (Å²) < 4.78 is 11.9. The van der Waals surface area contributed by atoms with E-state index >= 15 is 0 Å². The predicted molar refractivity (Wildman–Crippen MR) is 143 cm³/mol. The second-order valence-corrected chi connectivity index (χ2v) is 9.34. The first-order chi connectivity index (χ1) is 17.5. The van der Waals surface area contributed by atoms with Crippen molar-refractivity contribution in [1.82, 2.24) is 15.2 Å². The Morgan fingerprint density at radius 1 is 1.00 bits per heavy atom. The Morgan fingerprint density at radius 2 is 1.75 bits per heavy atom. The number of para-hydroxylation sites is 2. The molecule has 2 heterocycles. The zero-order valence-electron chi connectivity index (χ0n) is 21.4. The normalized spacial score (nSPS) is 14.1. The van der Waals surface area contributed by atoms with Gasteiger partial charge in [-0.3, -0.25) is 9.69 Å². The van der Waals surface area contributed by atoms with Crippen molar-refractivity contribution >= 4 is 11.6 Å². The van der Waals surface area contributed by atoms with Gasteiger partial charge < -0.3 is 19.7 Å². The molecule has 1 amide bonds. The quantitative estimate of drug-likeness (QED) is 0.409. The van der Waals surface area contributed by atoms with E-state index in [1.165, 1.54) is 5.69 Å². The van der Waals surface area contributed by atoms with Crippen LogP contribution < -0.4 is 19.7 Å². The molecule has 0 bridgehead atoms. The fourth-order valence-electron chi connectivity index (χ4n) is 4.25. The summed E-state index contributed by atoms with van der Waals surface area (Å²) >= 11 is 0. The van der Waals surface area contributed by atoms with E-state index in [1.807, 2.05) is 43.3 Å². The Kier molecular flexibility index (Phi) is 8.79. The van der Waals surface area contributed by atoms with Crippen molar-refractivity contribution in [3.63, 3.8) is 0 Å². The number of carbonyl (C=O) groups is 1. The summed E-state index contributed by atoms with van der Waals surface area (Å²) in [7, 11) is 0. The van der Waals surface area contributed by atoms with Gasteiger partial charge in [-0.2, -0.15) is 0 Å². The van der Waals surface area contributed by atoms with Crippen molar-refractivity contribution in [2.24, 2.45) is 0 Å². The Hall–Kier alpha value is -3.58. The minimum Gasteiger partial charge on any atom is -0.489 e. The highest BCUT2D eigenvalue weighted by Gasteiger charge is 2.20. The minimum absolute atomic E-state index is 0.152. The predicted octanol–water partition coefficient (Wildman–Crippen LogP) is 4.91. The lowest BCUT2D eigenvalue weighted by molar-refractivity contribution is 0.0948. The lowest BCUT2D eigenvalue weighted by atomic mass is 10.2. The maximum atomic E-state index is 12.8. The molecule has 1 saturated heterocycles. The fourth-order valence-corrected chi connectivity index (χ4v) is 4.25. The summed E-state index contributed by atoms with van der Waals surface area (Å²) in [6.07, 6.45) is 2.67. The monoisotopic (exact) mass is 488 g/mol. The molecule has 4 rings (SSSR count). The summed E-state index contributed by atoms with van der Waals surface area (Å²) in [5.41, 5.74) is 2.75. The lowest BCUT2D eigenvalue weighted by Gasteiger charge is -2.37. The van der Waals surface area contributed by atoms with Crippen LogP contribution in [0.1, 0.15) is 36.2 Å². The second-order valence-electron chi connectivity index (χ2n) is 9.34. The number of carbonyl (C=O) groups excluding carboxylic acids is 1. The van der Waals surface area contributed by atoms with E-state index in [9.17, 15) is 4.79 Å². The molecule has 1 aromatic heterocycles. The topological polar surface area (TPSA) is 66.9 Å². The van der Waals surface area contributed by atoms with Gasteiger partial charge in [0.15, 0.2) is 0 Å². The zero-order chi connectivity index (χ0) is 25.3. The average molecular weight is 489 g/mol. The molecular weight excluding hydrogens is 452 g/mol. The van der Waals surface area contributed by atoms with Gasteiger partial charge in [0.25, 0.3) is 5.91 Å². The second kappa shape index (κ2) is 12.4. The van der Waals surface area contributed by atoms with Crippen LogP contribution in [0.5, 0.6) is 17.4 Å². The molecule has 2 aromatic carbocycles. The number of piperazine rings is 1. The van der Waals surface area contributed by atoms with Gasteiger partial charge >= 0.3 is 0 Å². The van der Waals surface area contributed by atoms with Crippen molar-refractivity contribution in [3.05, 3.63) is 78.0 Å². The van der Waals surface area contributed by atoms with E-state index < -0.39 is 0 Å². The molecule has 1 aliphatic heterocycles. The van der Waals surface area contributed by atoms with Crippen LogP contribution >= 0.6 is 0 Å². The third-order valence-electron chi connectivity index (χ3n) is 6.13. The van der Waals surface area contributed by atoms with Crippen LogP contribution in [-0.2, 0) is 0 Å². The molecule has 190 valence electrons. The largest absolute Gasteiger partial charge is 0.489 e. The van der Waals surface area contributed by atoms with Crippen LogP contribution in [0.15, 0.2) is 66.9 Å². The standard InChI is InChI=1S/C29H36N4O3/c1-22(2)35-27-10-5-4-9-26(27)33-20-18-32(19-21-33)17-7-16-30-28(34)25-8-6-15-31-29(25)36-24-13-11-23(3)12-14-24/h4-6,8-15,22H,7,16-21H2,1-3H3,(H,30,34). The van der Waals surface area contributed by atoms with Crippen molar-refractivity contribution < 1.29 is 14.3 Å². The fraction of sp³-hybridized carbons (Fsp3) is 0.379.